The summed E-state index contributed by atoms with van der Waals surface area (Å²) in [7, 11) is 1.36. The van der Waals surface area contributed by atoms with E-state index in [1.807, 2.05) is 34.6 Å². The van der Waals surface area contributed by atoms with Crippen LogP contribution in [0.2, 0.25) is 0 Å². The Morgan fingerprint density at radius 3 is 2.00 bits per heavy atom. The molecule has 4 nitrogen and oxygen atoms in total. The van der Waals surface area contributed by atoms with Gasteiger partial charge in [0.1, 0.15) is 0 Å². The van der Waals surface area contributed by atoms with Gasteiger partial charge in [-0.2, -0.15) is 0 Å². The van der Waals surface area contributed by atoms with Crippen LogP contribution in [-0.4, -0.2) is 24.6 Å². The Labute approximate surface area is 132 Å². The van der Waals surface area contributed by atoms with E-state index in [4.69, 9.17) is 0 Å². The maximum absolute atomic E-state index is 12.4. The van der Waals surface area contributed by atoms with Gasteiger partial charge >= 0.3 is 5.97 Å². The van der Waals surface area contributed by atoms with Crippen LogP contribution in [0.5, 0.6) is 0 Å². The van der Waals surface area contributed by atoms with E-state index in [-0.39, 0.29) is 23.0 Å². The maximum atomic E-state index is 12.4. The van der Waals surface area contributed by atoms with E-state index in [1.54, 1.807) is 0 Å². The number of methoxy groups -OCH3 is 1. The minimum absolute atomic E-state index is 0.0943. The van der Waals surface area contributed by atoms with E-state index in [2.05, 4.69) is 4.74 Å². The minimum atomic E-state index is -0.444. The zero-order valence-corrected chi connectivity index (χ0v) is 14.4. The van der Waals surface area contributed by atoms with Gasteiger partial charge in [0.25, 0.3) is 0 Å². The standard InChI is InChI=1S/C18H26O4/c1-17(2,3)12-10-15(20)13(11-14(12)19)18(4,5)9-7-8-16(21)22-6/h10-11H,7-9H2,1-6H3. The molecule has 0 bridgehead atoms. The fourth-order valence-electron chi connectivity index (χ4n) is 2.59. The summed E-state index contributed by atoms with van der Waals surface area (Å²) in [6.07, 6.45) is 4.53. The second kappa shape index (κ2) is 6.59. The lowest BCUT2D eigenvalue weighted by atomic mass is 9.72. The highest BCUT2D eigenvalue weighted by atomic mass is 16.5. The molecule has 0 radical (unpaired) electrons. The first-order valence-corrected chi connectivity index (χ1v) is 7.59. The molecule has 122 valence electrons. The molecular formula is C18H26O4. The fourth-order valence-corrected chi connectivity index (χ4v) is 2.59. The average Bonchev–Trinajstić information content (AvgIpc) is 2.39. The average molecular weight is 306 g/mol. The molecule has 0 unspecified atom stereocenters. The van der Waals surface area contributed by atoms with E-state index in [0.717, 1.165) is 0 Å². The SMILES string of the molecule is COC(=O)CCCC(C)(C)C1=CC(=O)C(C(C)(C)C)=CC1=O. The van der Waals surface area contributed by atoms with Gasteiger partial charge in [-0.3, -0.25) is 14.4 Å². The number of esters is 1. The second-order valence-electron chi connectivity index (χ2n) is 7.41. The van der Waals surface area contributed by atoms with Crippen molar-refractivity contribution in [2.75, 3.05) is 7.11 Å². The number of rotatable bonds is 5. The number of hydrogen-bond donors (Lipinski definition) is 0. The predicted octanol–water partition coefficient (Wildman–Crippen LogP) is 3.41. The smallest absolute Gasteiger partial charge is 0.305 e. The number of carbonyl (C=O) groups excluding carboxylic acids is 3. The summed E-state index contributed by atoms with van der Waals surface area (Å²) in [6, 6.07) is 0. The Morgan fingerprint density at radius 1 is 1.00 bits per heavy atom. The van der Waals surface area contributed by atoms with Crippen LogP contribution >= 0.6 is 0 Å². The summed E-state index contributed by atoms with van der Waals surface area (Å²) in [5.74, 6) is -0.457. The number of allylic oxidation sites excluding steroid dienone is 4. The zero-order chi connectivity index (χ0) is 17.1. The van der Waals surface area contributed by atoms with Crippen LogP contribution in [0.25, 0.3) is 0 Å². The first-order chi connectivity index (χ1) is 9.99. The van der Waals surface area contributed by atoms with Crippen LogP contribution in [0.15, 0.2) is 23.3 Å². The first-order valence-electron chi connectivity index (χ1n) is 7.59. The third kappa shape index (κ3) is 4.39. The highest BCUT2D eigenvalue weighted by Gasteiger charge is 2.34. The molecule has 1 aliphatic rings. The molecule has 0 aromatic rings. The second-order valence-corrected chi connectivity index (χ2v) is 7.41. The summed E-state index contributed by atoms with van der Waals surface area (Å²) in [6.45, 7) is 9.62. The summed E-state index contributed by atoms with van der Waals surface area (Å²) in [5.41, 5.74) is 0.284. The largest absolute Gasteiger partial charge is 0.469 e. The van der Waals surface area contributed by atoms with Gasteiger partial charge < -0.3 is 4.74 Å². The molecule has 0 heterocycles. The number of carbonyl (C=O) groups is 3. The monoisotopic (exact) mass is 306 g/mol. The van der Waals surface area contributed by atoms with Crippen LogP contribution in [0.1, 0.15) is 53.9 Å². The summed E-state index contributed by atoms with van der Waals surface area (Å²) in [4.78, 5) is 35.9. The van der Waals surface area contributed by atoms with E-state index in [0.29, 0.717) is 30.4 Å². The molecule has 0 N–H and O–H groups in total. The van der Waals surface area contributed by atoms with Gasteiger partial charge in [0, 0.05) is 17.6 Å². The molecule has 0 spiro atoms. The quantitative estimate of drug-likeness (QED) is 0.577. The van der Waals surface area contributed by atoms with Gasteiger partial charge in [0.2, 0.25) is 0 Å². The molecule has 1 rings (SSSR count). The molecular weight excluding hydrogens is 280 g/mol. The minimum Gasteiger partial charge on any atom is -0.469 e. The number of hydrogen-bond acceptors (Lipinski definition) is 4. The van der Waals surface area contributed by atoms with Gasteiger partial charge in [0.15, 0.2) is 11.6 Å². The summed E-state index contributed by atoms with van der Waals surface area (Å²) < 4.78 is 4.62. The normalized spacial score (nSPS) is 16.3. The van der Waals surface area contributed by atoms with Gasteiger partial charge in [-0.25, -0.2) is 0 Å². The Morgan fingerprint density at radius 2 is 1.50 bits per heavy atom. The Kier molecular flexibility index (Phi) is 5.49. The van der Waals surface area contributed by atoms with Gasteiger partial charge in [-0.15, -0.1) is 0 Å². The summed E-state index contributed by atoms with van der Waals surface area (Å²) >= 11 is 0. The fraction of sp³-hybridized carbons (Fsp3) is 0.611. The van der Waals surface area contributed by atoms with Crippen molar-refractivity contribution < 1.29 is 19.1 Å². The van der Waals surface area contributed by atoms with E-state index in [9.17, 15) is 14.4 Å². The Hall–Kier alpha value is -1.71. The van der Waals surface area contributed by atoms with Crippen molar-refractivity contribution in [1.29, 1.82) is 0 Å². The third-order valence-corrected chi connectivity index (χ3v) is 4.03. The topological polar surface area (TPSA) is 60.4 Å². The maximum Gasteiger partial charge on any atom is 0.305 e. The molecule has 0 aromatic carbocycles. The molecule has 0 atom stereocenters. The number of ether oxygens (including phenoxy) is 1. The third-order valence-electron chi connectivity index (χ3n) is 4.03. The van der Waals surface area contributed by atoms with E-state index < -0.39 is 5.41 Å². The van der Waals surface area contributed by atoms with Gasteiger partial charge in [-0.1, -0.05) is 34.6 Å². The van der Waals surface area contributed by atoms with Gasteiger partial charge in [-0.05, 0) is 35.8 Å². The van der Waals surface area contributed by atoms with Crippen LogP contribution in [0.3, 0.4) is 0 Å². The molecule has 0 saturated carbocycles. The zero-order valence-electron chi connectivity index (χ0n) is 14.4. The van der Waals surface area contributed by atoms with Crippen molar-refractivity contribution in [3.05, 3.63) is 23.3 Å². The molecule has 0 aliphatic heterocycles. The van der Waals surface area contributed by atoms with Gasteiger partial charge in [0.05, 0.1) is 7.11 Å². The molecule has 0 amide bonds. The highest BCUT2D eigenvalue weighted by Crippen LogP contribution is 2.38. The lowest BCUT2D eigenvalue weighted by Crippen LogP contribution is -2.28. The van der Waals surface area contributed by atoms with Crippen LogP contribution < -0.4 is 0 Å². The van der Waals surface area contributed by atoms with Crippen molar-refractivity contribution in [1.82, 2.24) is 0 Å². The van der Waals surface area contributed by atoms with Crippen molar-refractivity contribution >= 4 is 17.5 Å². The lowest BCUT2D eigenvalue weighted by molar-refractivity contribution is -0.140. The number of ketones is 2. The molecule has 0 aromatic heterocycles. The molecule has 22 heavy (non-hydrogen) atoms. The highest BCUT2D eigenvalue weighted by molar-refractivity contribution is 6.20. The van der Waals surface area contributed by atoms with Crippen LogP contribution in [0, 0.1) is 10.8 Å². The molecule has 0 fully saturated rings. The first kappa shape index (κ1) is 18.3. The van der Waals surface area contributed by atoms with Crippen molar-refractivity contribution in [3.8, 4) is 0 Å². The molecule has 4 heteroatoms. The summed E-state index contributed by atoms with van der Waals surface area (Å²) in [5, 5.41) is 0. The van der Waals surface area contributed by atoms with Crippen molar-refractivity contribution in [2.24, 2.45) is 10.8 Å². The Bertz CT molecular complexity index is 542. The Balaban J connectivity index is 2.87. The van der Waals surface area contributed by atoms with E-state index >= 15 is 0 Å². The lowest BCUT2D eigenvalue weighted by Gasteiger charge is -2.30. The van der Waals surface area contributed by atoms with Crippen LogP contribution in [-0.2, 0) is 19.1 Å². The van der Waals surface area contributed by atoms with Crippen molar-refractivity contribution in [3.63, 3.8) is 0 Å². The molecule has 0 saturated heterocycles. The van der Waals surface area contributed by atoms with E-state index in [1.165, 1.54) is 19.3 Å². The van der Waals surface area contributed by atoms with Crippen molar-refractivity contribution in [2.45, 2.75) is 53.9 Å². The predicted molar refractivity (Wildman–Crippen MR) is 85.3 cm³/mol. The molecule has 1 aliphatic carbocycles. The van der Waals surface area contributed by atoms with Crippen LogP contribution in [0.4, 0.5) is 0 Å².